The maximum atomic E-state index is 13.2. The average Bonchev–Trinajstić information content (AvgIpc) is 3.30. The lowest BCUT2D eigenvalue weighted by Crippen LogP contribution is -2.52. The van der Waals surface area contributed by atoms with Crippen LogP contribution in [-0.2, 0) is 22.6 Å². The fourth-order valence-electron chi connectivity index (χ4n) is 8.16. The third-order valence-electron chi connectivity index (χ3n) is 11.5. The number of alkyl carbamates (subject to hydrolysis) is 1. The molecule has 3 atom stereocenters. The molecule has 1 aromatic heterocycles. The largest absolute Gasteiger partial charge is 0.506 e. The molecule has 320 valence electrons. The molecule has 6 aromatic rings. The minimum Gasteiger partial charge on any atom is -0.506 e. The number of hydrogen-bond acceptors (Lipinski definition) is 11. The summed E-state index contributed by atoms with van der Waals surface area (Å²) < 4.78 is 23.5. The van der Waals surface area contributed by atoms with Gasteiger partial charge in [-0.05, 0) is 108 Å². The number of hydrogen-bond donors (Lipinski definition) is 5. The zero-order valence-corrected chi connectivity index (χ0v) is 34.2. The molecule has 1 amide bonds. The number of nitrogens with one attached hydrogen (secondary N) is 3. The van der Waals surface area contributed by atoms with Gasteiger partial charge >= 0.3 is 12.1 Å². The summed E-state index contributed by atoms with van der Waals surface area (Å²) in [7, 11) is 0. The Morgan fingerprint density at radius 3 is 2.32 bits per heavy atom. The minimum absolute atomic E-state index is 0.0524. The van der Waals surface area contributed by atoms with Gasteiger partial charge in [0.15, 0.2) is 0 Å². The summed E-state index contributed by atoms with van der Waals surface area (Å²) in [5.41, 5.74) is 4.51. The van der Waals surface area contributed by atoms with Gasteiger partial charge in [0.1, 0.15) is 43.2 Å². The van der Waals surface area contributed by atoms with E-state index >= 15 is 0 Å². The summed E-state index contributed by atoms with van der Waals surface area (Å²) in [6.07, 6.45) is 0.720. The molecule has 0 aliphatic carbocycles. The van der Waals surface area contributed by atoms with Gasteiger partial charge < -0.3 is 44.8 Å². The molecule has 3 saturated heterocycles. The highest BCUT2D eigenvalue weighted by Crippen LogP contribution is 2.32. The lowest BCUT2D eigenvalue weighted by Gasteiger charge is -2.43. The van der Waals surface area contributed by atoms with Crippen molar-refractivity contribution < 1.29 is 38.7 Å². The molecule has 9 rings (SSSR count). The molecule has 62 heavy (non-hydrogen) atoms. The van der Waals surface area contributed by atoms with Gasteiger partial charge in [-0.1, -0.05) is 72.8 Å². The summed E-state index contributed by atoms with van der Waals surface area (Å²) in [6.45, 7) is 4.10. The topological polar surface area (TPSA) is 172 Å². The lowest BCUT2D eigenvalue weighted by molar-refractivity contribution is -0.0336. The first-order chi connectivity index (χ1) is 30.3. The van der Waals surface area contributed by atoms with Crippen LogP contribution in [0.25, 0.3) is 10.9 Å². The number of aromatic nitrogens is 1. The van der Waals surface area contributed by atoms with Crippen molar-refractivity contribution in [3.63, 3.8) is 0 Å². The Morgan fingerprint density at radius 2 is 1.55 bits per heavy atom. The number of esters is 1. The Bertz CT molecular complexity index is 2520. The van der Waals surface area contributed by atoms with Crippen LogP contribution < -0.4 is 25.7 Å². The zero-order valence-electron chi connectivity index (χ0n) is 34.2. The van der Waals surface area contributed by atoms with Crippen molar-refractivity contribution in [3.8, 4) is 17.2 Å². The van der Waals surface area contributed by atoms with Gasteiger partial charge in [-0.3, -0.25) is 9.69 Å². The van der Waals surface area contributed by atoms with E-state index in [1.54, 1.807) is 24.3 Å². The number of piperidine rings is 3. The van der Waals surface area contributed by atoms with Crippen LogP contribution in [0.4, 0.5) is 4.79 Å². The number of aromatic hydroxyl groups is 1. The summed E-state index contributed by atoms with van der Waals surface area (Å²) >= 11 is 0. The molecule has 0 radical (unpaired) electrons. The number of amides is 1. The second-order valence-corrected chi connectivity index (χ2v) is 15.7. The van der Waals surface area contributed by atoms with E-state index in [0.717, 1.165) is 54.7 Å². The van der Waals surface area contributed by atoms with Gasteiger partial charge in [0, 0.05) is 31.1 Å². The number of aliphatic hydroxyl groups excluding tert-OH is 1. The quantitative estimate of drug-likeness (QED) is 0.0485. The zero-order chi connectivity index (χ0) is 42.8. The number of carbonyl (C=O) groups excluding carboxylic acids is 2. The number of fused-ring (bicyclic) bond motifs is 4. The number of rotatable bonds is 17. The van der Waals surface area contributed by atoms with E-state index in [1.165, 1.54) is 12.1 Å². The predicted octanol–water partition coefficient (Wildman–Crippen LogP) is 6.78. The molecule has 5 N–H and O–H groups in total. The number of carbonyl (C=O) groups is 2. The molecule has 3 fully saturated rings. The number of benzene rings is 5. The van der Waals surface area contributed by atoms with E-state index in [2.05, 4.69) is 20.5 Å². The predicted molar refractivity (Wildman–Crippen MR) is 233 cm³/mol. The fraction of sp³-hybridized carbons (Fsp3) is 0.286. The number of H-pyrrole nitrogens is 1. The van der Waals surface area contributed by atoms with E-state index < -0.39 is 24.2 Å². The van der Waals surface area contributed by atoms with Crippen molar-refractivity contribution in [2.24, 2.45) is 5.92 Å². The first-order valence-electron chi connectivity index (χ1n) is 20.9. The van der Waals surface area contributed by atoms with Crippen LogP contribution in [0, 0.1) is 5.92 Å². The number of phenolic OH excluding ortho intramolecular Hbond substituents is 1. The van der Waals surface area contributed by atoms with Crippen LogP contribution in [0.5, 0.6) is 17.2 Å². The SMILES string of the molecule is O=C(NC(c1ccccc1)c1cccc(OCc2ccc(C(=O)OCCOc3cccc(CNC[C@@H](O)c4ccc(O)c5[nH]c(=O)ccc45)c3)cc2)c1)O[C@H]1CN2CCC1CC2. The summed E-state index contributed by atoms with van der Waals surface area (Å²) in [5.74, 6) is 1.13. The van der Waals surface area contributed by atoms with E-state index in [9.17, 15) is 24.6 Å². The molecule has 2 bridgehead atoms. The van der Waals surface area contributed by atoms with Crippen LogP contribution in [0.15, 0.2) is 132 Å². The molecule has 5 aromatic carbocycles. The van der Waals surface area contributed by atoms with Crippen LogP contribution in [-0.4, -0.2) is 77.7 Å². The first-order valence-corrected chi connectivity index (χ1v) is 20.9. The number of phenols is 1. The molecule has 13 heteroatoms. The van der Waals surface area contributed by atoms with Crippen molar-refractivity contribution in [1.82, 2.24) is 20.5 Å². The Kier molecular flexibility index (Phi) is 13.4. The van der Waals surface area contributed by atoms with Crippen LogP contribution >= 0.6 is 0 Å². The highest BCUT2D eigenvalue weighted by atomic mass is 16.6. The molecule has 1 unspecified atom stereocenters. The molecule has 13 nitrogen and oxygen atoms in total. The lowest BCUT2D eigenvalue weighted by atomic mass is 9.86. The average molecular weight is 839 g/mol. The maximum Gasteiger partial charge on any atom is 0.408 e. The van der Waals surface area contributed by atoms with Crippen molar-refractivity contribution >= 4 is 23.0 Å². The third kappa shape index (κ3) is 10.6. The molecular formula is C49H50N4O9. The van der Waals surface area contributed by atoms with Gasteiger partial charge in [-0.25, -0.2) is 9.59 Å². The molecule has 3 aliphatic heterocycles. The molecule has 0 spiro atoms. The van der Waals surface area contributed by atoms with Crippen molar-refractivity contribution in [1.29, 1.82) is 0 Å². The normalized spacial score (nSPS) is 17.8. The van der Waals surface area contributed by atoms with Crippen molar-refractivity contribution in [2.75, 3.05) is 39.4 Å². The van der Waals surface area contributed by atoms with E-state index in [4.69, 9.17) is 18.9 Å². The van der Waals surface area contributed by atoms with Gasteiger partial charge in [0.2, 0.25) is 5.56 Å². The van der Waals surface area contributed by atoms with Crippen LogP contribution in [0.1, 0.15) is 63.2 Å². The van der Waals surface area contributed by atoms with Crippen molar-refractivity contribution in [2.45, 2.75) is 44.2 Å². The minimum atomic E-state index is -0.882. The fourth-order valence-corrected chi connectivity index (χ4v) is 8.16. The molecule has 4 heterocycles. The van der Waals surface area contributed by atoms with Crippen LogP contribution in [0.2, 0.25) is 0 Å². The standard InChI is InChI=1S/C49H50N4O9/c54-42-18-16-40(41-17-19-45(56)51-47(41)42)43(55)29-50-28-33-6-4-10-38(26-33)59-24-25-60-48(57)36-14-12-32(13-15-36)31-61-39-11-5-9-37(27-39)46(35-7-2-1-3-8-35)52-49(58)62-44-30-53-22-20-34(44)21-23-53/h1-19,26-27,34,43-44,46,50,54-55H,20-25,28-31H2,(H,51,56)(H,52,58)/t43-,44+,46?/m1/s1. The molecule has 0 saturated carbocycles. The maximum absolute atomic E-state index is 13.2. The highest BCUT2D eigenvalue weighted by molar-refractivity contribution is 5.89. The third-order valence-corrected chi connectivity index (χ3v) is 11.5. The number of ether oxygens (including phenoxy) is 4. The summed E-state index contributed by atoms with van der Waals surface area (Å²) in [6, 6.07) is 37.6. The van der Waals surface area contributed by atoms with E-state index in [1.807, 2.05) is 91.0 Å². The monoisotopic (exact) mass is 838 g/mol. The van der Waals surface area contributed by atoms with Gasteiger partial charge in [-0.15, -0.1) is 0 Å². The Morgan fingerprint density at radius 1 is 0.790 bits per heavy atom. The number of pyridine rings is 1. The summed E-state index contributed by atoms with van der Waals surface area (Å²) in [4.78, 5) is 42.7. The Labute approximate surface area is 359 Å². The Balaban J connectivity index is 0.777. The second kappa shape index (κ2) is 19.8. The highest BCUT2D eigenvalue weighted by Gasteiger charge is 2.37. The Hall–Kier alpha value is -6.67. The number of aliphatic hydroxyl groups is 1. The molecular weight excluding hydrogens is 789 g/mol. The first kappa shape index (κ1) is 42.0. The van der Waals surface area contributed by atoms with Gasteiger partial charge in [-0.2, -0.15) is 0 Å². The van der Waals surface area contributed by atoms with E-state index in [-0.39, 0.29) is 49.3 Å². The van der Waals surface area contributed by atoms with Crippen molar-refractivity contribution in [3.05, 3.63) is 171 Å². The second-order valence-electron chi connectivity index (χ2n) is 15.7. The molecule has 3 aliphatic rings. The van der Waals surface area contributed by atoms with E-state index in [0.29, 0.717) is 40.5 Å². The number of nitrogens with zero attached hydrogens (tertiary/aromatic N) is 1. The van der Waals surface area contributed by atoms with Gasteiger partial charge in [0.25, 0.3) is 0 Å². The number of aromatic amines is 1. The van der Waals surface area contributed by atoms with Gasteiger partial charge in [0.05, 0.1) is 23.2 Å². The smallest absolute Gasteiger partial charge is 0.408 e. The summed E-state index contributed by atoms with van der Waals surface area (Å²) in [5, 5.41) is 27.9. The van der Waals surface area contributed by atoms with Crippen LogP contribution in [0.3, 0.4) is 0 Å².